The second-order valence-corrected chi connectivity index (χ2v) is 7.86. The Balaban J connectivity index is 0.000000806. The van der Waals surface area contributed by atoms with E-state index in [0.717, 1.165) is 0 Å². The van der Waals surface area contributed by atoms with Crippen molar-refractivity contribution in [2.45, 2.75) is 25.4 Å². The average Bonchev–Trinajstić information content (AvgIpc) is 2.74. The Morgan fingerprint density at radius 3 is 2.50 bits per heavy atom. The number of carbonyl (C=O) groups is 2. The van der Waals surface area contributed by atoms with E-state index in [1.165, 1.54) is 6.20 Å². The summed E-state index contributed by atoms with van der Waals surface area (Å²) < 4.78 is 19.6. The molecule has 0 saturated carbocycles. The molecule has 0 bridgehead atoms. The average molecular weight is 425 g/mol. The van der Waals surface area contributed by atoms with Crippen molar-refractivity contribution < 1.29 is 28.9 Å². The Kier molecular flexibility index (Phi) is 7.03. The zero-order chi connectivity index (χ0) is 21.7. The maximum absolute atomic E-state index is 14.2. The van der Waals surface area contributed by atoms with Crippen molar-refractivity contribution in [3.63, 3.8) is 0 Å². The van der Waals surface area contributed by atoms with E-state index in [1.54, 1.807) is 11.9 Å². The summed E-state index contributed by atoms with van der Waals surface area (Å²) in [6, 6.07) is 0. The SMILES string of the molecule is CN1CC(O)CC2(CCN(c3ncc(F)c(N4CCOCC4)n3)CC2)C1=O.O=CO. The number of piperidine rings is 2. The molecule has 166 valence electrons. The number of hydrogen-bond donors (Lipinski definition) is 2. The number of likely N-dealkylation sites (tertiary alicyclic amines) is 1. The highest BCUT2D eigenvalue weighted by atomic mass is 19.1. The Labute approximate surface area is 174 Å². The first-order valence-corrected chi connectivity index (χ1v) is 10.0. The molecule has 1 aromatic heterocycles. The number of carbonyl (C=O) groups excluding carboxylic acids is 1. The predicted octanol–water partition coefficient (Wildman–Crippen LogP) is -0.0373. The summed E-state index contributed by atoms with van der Waals surface area (Å²) in [5, 5.41) is 17.0. The number of anilines is 2. The van der Waals surface area contributed by atoms with Gasteiger partial charge in [0.25, 0.3) is 6.47 Å². The van der Waals surface area contributed by atoms with E-state index in [1.807, 2.05) is 9.80 Å². The summed E-state index contributed by atoms with van der Waals surface area (Å²) in [5.41, 5.74) is -0.504. The van der Waals surface area contributed by atoms with Gasteiger partial charge in [0, 0.05) is 39.8 Å². The van der Waals surface area contributed by atoms with Crippen molar-refractivity contribution in [1.29, 1.82) is 0 Å². The van der Waals surface area contributed by atoms with Gasteiger partial charge < -0.3 is 29.6 Å². The van der Waals surface area contributed by atoms with Gasteiger partial charge >= 0.3 is 0 Å². The summed E-state index contributed by atoms with van der Waals surface area (Å²) in [6.45, 7) is 3.70. The minimum absolute atomic E-state index is 0.112. The summed E-state index contributed by atoms with van der Waals surface area (Å²) in [5.74, 6) is 0.486. The number of morpholine rings is 1. The van der Waals surface area contributed by atoms with Crippen LogP contribution < -0.4 is 9.80 Å². The lowest BCUT2D eigenvalue weighted by molar-refractivity contribution is -0.152. The monoisotopic (exact) mass is 425 g/mol. The number of hydrogen-bond acceptors (Lipinski definition) is 8. The number of amides is 1. The molecular formula is C19H28FN5O5. The zero-order valence-corrected chi connectivity index (χ0v) is 17.0. The van der Waals surface area contributed by atoms with E-state index in [4.69, 9.17) is 14.6 Å². The van der Waals surface area contributed by atoms with Gasteiger partial charge in [-0.3, -0.25) is 9.59 Å². The van der Waals surface area contributed by atoms with E-state index in [-0.39, 0.29) is 12.4 Å². The fourth-order valence-corrected chi connectivity index (χ4v) is 4.46. The quantitative estimate of drug-likeness (QED) is 0.629. The van der Waals surface area contributed by atoms with Crippen LogP contribution in [0.4, 0.5) is 16.2 Å². The van der Waals surface area contributed by atoms with Crippen molar-refractivity contribution in [3.8, 4) is 0 Å². The number of rotatable bonds is 2. The van der Waals surface area contributed by atoms with Crippen LogP contribution in [0.15, 0.2) is 6.20 Å². The van der Waals surface area contributed by atoms with Gasteiger partial charge in [-0.25, -0.2) is 9.37 Å². The van der Waals surface area contributed by atoms with Gasteiger partial charge in [0.2, 0.25) is 11.9 Å². The van der Waals surface area contributed by atoms with Crippen molar-refractivity contribution in [3.05, 3.63) is 12.0 Å². The molecule has 11 heteroatoms. The van der Waals surface area contributed by atoms with Crippen LogP contribution in [0, 0.1) is 11.2 Å². The highest BCUT2D eigenvalue weighted by Gasteiger charge is 2.47. The molecule has 1 atom stereocenters. The Bertz CT molecular complexity index is 753. The molecule has 2 N–H and O–H groups in total. The minimum Gasteiger partial charge on any atom is -0.483 e. The molecule has 4 heterocycles. The van der Waals surface area contributed by atoms with Gasteiger partial charge in [-0.1, -0.05) is 0 Å². The third-order valence-electron chi connectivity index (χ3n) is 5.94. The summed E-state index contributed by atoms with van der Waals surface area (Å²) in [6.07, 6.45) is 2.53. The molecule has 4 rings (SSSR count). The number of ether oxygens (including phenoxy) is 1. The van der Waals surface area contributed by atoms with Crippen molar-refractivity contribution in [2.75, 3.05) is 62.8 Å². The minimum atomic E-state index is -0.504. The molecule has 0 aromatic carbocycles. The van der Waals surface area contributed by atoms with Crippen LogP contribution in [0.1, 0.15) is 19.3 Å². The van der Waals surface area contributed by atoms with Crippen LogP contribution in [-0.2, 0) is 14.3 Å². The summed E-state index contributed by atoms with van der Waals surface area (Å²) in [7, 11) is 1.75. The molecule has 0 radical (unpaired) electrons. The maximum atomic E-state index is 14.2. The molecule has 3 aliphatic heterocycles. The Morgan fingerprint density at radius 2 is 1.87 bits per heavy atom. The number of halogens is 1. The summed E-state index contributed by atoms with van der Waals surface area (Å²) in [4.78, 5) is 35.2. The fourth-order valence-electron chi connectivity index (χ4n) is 4.46. The van der Waals surface area contributed by atoms with E-state index in [0.29, 0.717) is 77.0 Å². The number of aliphatic hydroxyl groups is 1. The maximum Gasteiger partial charge on any atom is 0.290 e. The Morgan fingerprint density at radius 1 is 1.23 bits per heavy atom. The van der Waals surface area contributed by atoms with E-state index >= 15 is 0 Å². The number of β-amino-alcohol motifs (C(OH)–C–C–N with tert-alkyl or cyclic N) is 1. The van der Waals surface area contributed by atoms with Crippen molar-refractivity contribution in [2.24, 2.45) is 5.41 Å². The van der Waals surface area contributed by atoms with Gasteiger partial charge in [-0.05, 0) is 19.3 Å². The number of aliphatic hydroxyl groups excluding tert-OH is 1. The van der Waals surface area contributed by atoms with E-state index in [2.05, 4.69) is 9.97 Å². The molecule has 3 fully saturated rings. The molecule has 0 aliphatic carbocycles. The van der Waals surface area contributed by atoms with Crippen molar-refractivity contribution in [1.82, 2.24) is 14.9 Å². The number of aromatic nitrogens is 2. The molecule has 1 unspecified atom stereocenters. The van der Waals surface area contributed by atoms with Crippen LogP contribution >= 0.6 is 0 Å². The largest absolute Gasteiger partial charge is 0.483 e. The topological polar surface area (TPSA) is 119 Å². The molecule has 30 heavy (non-hydrogen) atoms. The van der Waals surface area contributed by atoms with Gasteiger partial charge in [-0.15, -0.1) is 0 Å². The molecule has 1 aromatic rings. The standard InChI is InChI=1S/C18H26FN5O3.CH2O2/c1-22-12-13(25)10-18(16(22)26)2-4-24(5-3-18)17-20-11-14(19)15(21-17)23-6-8-27-9-7-23;2-1-3/h11,13,25H,2-10,12H2,1H3;1H,(H,2,3). The second-order valence-electron chi connectivity index (χ2n) is 7.86. The van der Waals surface area contributed by atoms with Gasteiger partial charge in [0.15, 0.2) is 11.6 Å². The first kappa shape index (κ1) is 22.2. The highest BCUT2D eigenvalue weighted by molar-refractivity contribution is 5.83. The van der Waals surface area contributed by atoms with Gasteiger partial charge in [-0.2, -0.15) is 4.98 Å². The van der Waals surface area contributed by atoms with Crippen LogP contribution in [0.2, 0.25) is 0 Å². The van der Waals surface area contributed by atoms with Gasteiger partial charge in [0.1, 0.15) is 0 Å². The lowest BCUT2D eigenvalue weighted by atomic mass is 9.71. The lowest BCUT2D eigenvalue weighted by Gasteiger charge is -2.47. The third-order valence-corrected chi connectivity index (χ3v) is 5.94. The molecule has 3 saturated heterocycles. The summed E-state index contributed by atoms with van der Waals surface area (Å²) >= 11 is 0. The third kappa shape index (κ3) is 4.62. The van der Waals surface area contributed by atoms with Gasteiger partial charge in [0.05, 0.1) is 30.9 Å². The molecule has 1 amide bonds. The molecule has 1 spiro atoms. The zero-order valence-electron chi connectivity index (χ0n) is 17.0. The number of nitrogens with zero attached hydrogens (tertiary/aromatic N) is 5. The Hall–Kier alpha value is -2.53. The number of carboxylic acid groups (broad SMARTS) is 1. The van der Waals surface area contributed by atoms with E-state index in [9.17, 15) is 14.3 Å². The van der Waals surface area contributed by atoms with Crippen LogP contribution in [0.25, 0.3) is 0 Å². The molecule has 10 nitrogen and oxygen atoms in total. The lowest BCUT2D eigenvalue weighted by Crippen LogP contribution is -2.56. The molecular weight excluding hydrogens is 397 g/mol. The smallest absolute Gasteiger partial charge is 0.290 e. The normalized spacial score (nSPS) is 23.8. The number of likely N-dealkylation sites (N-methyl/N-ethyl adjacent to an activating group) is 1. The predicted molar refractivity (Wildman–Crippen MR) is 106 cm³/mol. The first-order chi connectivity index (χ1) is 14.4. The fraction of sp³-hybridized carbons (Fsp3) is 0.684. The van der Waals surface area contributed by atoms with Crippen LogP contribution in [0.3, 0.4) is 0 Å². The molecule has 3 aliphatic rings. The van der Waals surface area contributed by atoms with Crippen LogP contribution in [-0.4, -0.2) is 96.5 Å². The highest BCUT2D eigenvalue weighted by Crippen LogP contribution is 2.41. The van der Waals surface area contributed by atoms with Crippen molar-refractivity contribution >= 4 is 24.1 Å². The first-order valence-electron chi connectivity index (χ1n) is 10.0. The van der Waals surface area contributed by atoms with E-state index < -0.39 is 17.3 Å². The van der Waals surface area contributed by atoms with Crippen LogP contribution in [0.5, 0.6) is 0 Å². The second kappa shape index (κ2) is 9.52.